The molecule has 1 aromatic rings. The molecule has 1 atom stereocenters. The standard InChI is InChI=1S/C14H22N2O/c1-5-14(3,4)13(17)16-10(2)11-7-6-8-12(15)9-11/h6-10H,5,15H2,1-4H3,(H,16,17). The van der Waals surface area contributed by atoms with Crippen molar-refractivity contribution in [2.24, 2.45) is 5.41 Å². The first-order valence-corrected chi connectivity index (χ1v) is 6.03. The maximum Gasteiger partial charge on any atom is 0.226 e. The molecule has 3 N–H and O–H groups in total. The number of carbonyl (C=O) groups is 1. The van der Waals surface area contributed by atoms with Crippen LogP contribution in [0.4, 0.5) is 5.69 Å². The smallest absolute Gasteiger partial charge is 0.226 e. The van der Waals surface area contributed by atoms with Gasteiger partial charge >= 0.3 is 0 Å². The number of hydrogen-bond donors (Lipinski definition) is 2. The van der Waals surface area contributed by atoms with Crippen LogP contribution in [0, 0.1) is 5.41 Å². The molecule has 0 saturated carbocycles. The number of nitrogens with two attached hydrogens (primary N) is 1. The minimum atomic E-state index is -0.325. The molecule has 0 spiro atoms. The zero-order valence-electron chi connectivity index (χ0n) is 11.1. The summed E-state index contributed by atoms with van der Waals surface area (Å²) in [6, 6.07) is 7.59. The fraction of sp³-hybridized carbons (Fsp3) is 0.500. The second-order valence-electron chi connectivity index (χ2n) is 5.10. The Kier molecular flexibility index (Phi) is 4.16. The molecule has 0 aromatic heterocycles. The summed E-state index contributed by atoms with van der Waals surface area (Å²) in [6.07, 6.45) is 0.822. The van der Waals surface area contributed by atoms with E-state index >= 15 is 0 Å². The lowest BCUT2D eigenvalue weighted by Crippen LogP contribution is -2.37. The van der Waals surface area contributed by atoms with Gasteiger partial charge in [-0.3, -0.25) is 4.79 Å². The number of amides is 1. The van der Waals surface area contributed by atoms with Crippen molar-refractivity contribution in [1.82, 2.24) is 5.32 Å². The third-order valence-electron chi connectivity index (χ3n) is 3.26. The van der Waals surface area contributed by atoms with Gasteiger partial charge in [0.05, 0.1) is 6.04 Å². The molecule has 0 fully saturated rings. The Labute approximate surface area is 103 Å². The van der Waals surface area contributed by atoms with Gasteiger partial charge in [-0.25, -0.2) is 0 Å². The number of rotatable bonds is 4. The monoisotopic (exact) mass is 234 g/mol. The summed E-state index contributed by atoms with van der Waals surface area (Å²) in [6.45, 7) is 7.89. The quantitative estimate of drug-likeness (QED) is 0.787. The van der Waals surface area contributed by atoms with Crippen molar-refractivity contribution in [3.8, 4) is 0 Å². The van der Waals surface area contributed by atoms with Crippen molar-refractivity contribution >= 4 is 11.6 Å². The number of nitrogens with one attached hydrogen (secondary N) is 1. The fourth-order valence-electron chi connectivity index (χ4n) is 1.46. The van der Waals surface area contributed by atoms with E-state index < -0.39 is 0 Å². The molecule has 0 radical (unpaired) electrons. The van der Waals surface area contributed by atoms with E-state index in [9.17, 15) is 4.79 Å². The number of hydrogen-bond acceptors (Lipinski definition) is 2. The highest BCUT2D eigenvalue weighted by molar-refractivity contribution is 5.82. The van der Waals surface area contributed by atoms with E-state index in [0.29, 0.717) is 0 Å². The maximum atomic E-state index is 12.0. The summed E-state index contributed by atoms with van der Waals surface area (Å²) in [4.78, 5) is 12.0. The molecular formula is C14H22N2O. The van der Waals surface area contributed by atoms with Gasteiger partial charge < -0.3 is 11.1 Å². The van der Waals surface area contributed by atoms with Gasteiger partial charge in [0.2, 0.25) is 5.91 Å². The minimum Gasteiger partial charge on any atom is -0.399 e. The molecule has 0 bridgehead atoms. The Bertz CT molecular complexity index is 399. The molecule has 0 heterocycles. The van der Waals surface area contributed by atoms with Crippen molar-refractivity contribution in [2.45, 2.75) is 40.2 Å². The summed E-state index contributed by atoms with van der Waals surface area (Å²) < 4.78 is 0. The van der Waals surface area contributed by atoms with Crippen LogP contribution < -0.4 is 11.1 Å². The Balaban J connectivity index is 2.73. The fourth-order valence-corrected chi connectivity index (χ4v) is 1.46. The van der Waals surface area contributed by atoms with Crippen molar-refractivity contribution in [3.63, 3.8) is 0 Å². The highest BCUT2D eigenvalue weighted by atomic mass is 16.2. The minimum absolute atomic E-state index is 0.0168. The lowest BCUT2D eigenvalue weighted by molar-refractivity contribution is -0.130. The first kappa shape index (κ1) is 13.6. The van der Waals surface area contributed by atoms with Crippen molar-refractivity contribution in [1.29, 1.82) is 0 Å². The van der Waals surface area contributed by atoms with Crippen LogP contribution in [0.5, 0.6) is 0 Å². The van der Waals surface area contributed by atoms with E-state index in [-0.39, 0.29) is 17.4 Å². The van der Waals surface area contributed by atoms with Crippen LogP contribution in [0.2, 0.25) is 0 Å². The van der Waals surface area contributed by atoms with Gasteiger partial charge in [-0.1, -0.05) is 32.9 Å². The Morgan fingerprint density at radius 3 is 2.65 bits per heavy atom. The molecule has 0 aliphatic heterocycles. The Morgan fingerprint density at radius 1 is 1.47 bits per heavy atom. The molecule has 0 aliphatic carbocycles. The van der Waals surface area contributed by atoms with Crippen LogP contribution in [0.1, 0.15) is 45.7 Å². The van der Waals surface area contributed by atoms with Crippen LogP contribution in [0.15, 0.2) is 24.3 Å². The average Bonchev–Trinajstić information content (AvgIpc) is 2.28. The van der Waals surface area contributed by atoms with Crippen LogP contribution in [-0.2, 0) is 4.79 Å². The Hall–Kier alpha value is -1.51. The van der Waals surface area contributed by atoms with Crippen LogP contribution in [0.3, 0.4) is 0 Å². The van der Waals surface area contributed by atoms with Gasteiger partial charge in [0.15, 0.2) is 0 Å². The largest absolute Gasteiger partial charge is 0.399 e. The summed E-state index contributed by atoms with van der Waals surface area (Å²) in [5, 5.41) is 3.02. The lowest BCUT2D eigenvalue weighted by atomic mass is 9.89. The first-order valence-electron chi connectivity index (χ1n) is 6.03. The van der Waals surface area contributed by atoms with E-state index in [1.807, 2.05) is 52.0 Å². The number of nitrogen functional groups attached to an aromatic ring is 1. The molecule has 0 aliphatic rings. The van der Waals surface area contributed by atoms with E-state index in [1.54, 1.807) is 0 Å². The summed E-state index contributed by atoms with van der Waals surface area (Å²) in [5.41, 5.74) is 7.15. The third kappa shape index (κ3) is 3.48. The van der Waals surface area contributed by atoms with Gasteiger partial charge in [-0.2, -0.15) is 0 Å². The zero-order chi connectivity index (χ0) is 13.1. The summed E-state index contributed by atoms with van der Waals surface area (Å²) in [7, 11) is 0. The van der Waals surface area contributed by atoms with Crippen LogP contribution in [-0.4, -0.2) is 5.91 Å². The second-order valence-corrected chi connectivity index (χ2v) is 5.10. The third-order valence-corrected chi connectivity index (χ3v) is 3.26. The van der Waals surface area contributed by atoms with Gasteiger partial charge in [0.1, 0.15) is 0 Å². The average molecular weight is 234 g/mol. The predicted molar refractivity (Wildman–Crippen MR) is 71.5 cm³/mol. The van der Waals surface area contributed by atoms with Gasteiger partial charge in [-0.15, -0.1) is 0 Å². The van der Waals surface area contributed by atoms with Gasteiger partial charge in [0, 0.05) is 11.1 Å². The first-order chi connectivity index (χ1) is 7.86. The predicted octanol–water partition coefficient (Wildman–Crippen LogP) is 2.88. The van der Waals surface area contributed by atoms with Crippen LogP contribution in [0.25, 0.3) is 0 Å². The molecule has 17 heavy (non-hydrogen) atoms. The van der Waals surface area contributed by atoms with E-state index in [4.69, 9.17) is 5.73 Å². The number of anilines is 1. The van der Waals surface area contributed by atoms with E-state index in [0.717, 1.165) is 17.7 Å². The van der Waals surface area contributed by atoms with Crippen molar-refractivity contribution in [2.75, 3.05) is 5.73 Å². The normalized spacial score (nSPS) is 13.2. The topological polar surface area (TPSA) is 55.1 Å². The molecule has 1 aromatic carbocycles. The molecular weight excluding hydrogens is 212 g/mol. The summed E-state index contributed by atoms with van der Waals surface area (Å²) in [5.74, 6) is 0.0786. The number of carbonyl (C=O) groups excluding carboxylic acids is 1. The zero-order valence-corrected chi connectivity index (χ0v) is 11.1. The molecule has 3 nitrogen and oxygen atoms in total. The Morgan fingerprint density at radius 2 is 2.12 bits per heavy atom. The molecule has 3 heteroatoms. The van der Waals surface area contributed by atoms with E-state index in [2.05, 4.69) is 5.32 Å². The van der Waals surface area contributed by atoms with Gasteiger partial charge in [0.25, 0.3) is 0 Å². The highest BCUT2D eigenvalue weighted by Crippen LogP contribution is 2.22. The second kappa shape index (κ2) is 5.21. The molecule has 94 valence electrons. The van der Waals surface area contributed by atoms with E-state index in [1.165, 1.54) is 0 Å². The lowest BCUT2D eigenvalue weighted by Gasteiger charge is -2.24. The van der Waals surface area contributed by atoms with Gasteiger partial charge in [-0.05, 0) is 31.0 Å². The molecule has 1 rings (SSSR count). The summed E-state index contributed by atoms with van der Waals surface area (Å²) >= 11 is 0. The highest BCUT2D eigenvalue weighted by Gasteiger charge is 2.26. The van der Waals surface area contributed by atoms with Crippen molar-refractivity contribution < 1.29 is 4.79 Å². The van der Waals surface area contributed by atoms with Crippen LogP contribution >= 0.6 is 0 Å². The molecule has 1 unspecified atom stereocenters. The SMILES string of the molecule is CCC(C)(C)C(=O)NC(C)c1cccc(N)c1. The maximum absolute atomic E-state index is 12.0. The van der Waals surface area contributed by atoms with Crippen molar-refractivity contribution in [3.05, 3.63) is 29.8 Å². The molecule has 1 amide bonds. The molecule has 0 saturated heterocycles. The number of benzene rings is 1.